The molecule has 0 saturated heterocycles. The highest BCUT2D eigenvalue weighted by atomic mass is 16.1. The fourth-order valence-corrected chi connectivity index (χ4v) is 2.43. The van der Waals surface area contributed by atoms with Crippen LogP contribution in [0.3, 0.4) is 0 Å². The Morgan fingerprint density at radius 3 is 2.91 bits per heavy atom. The van der Waals surface area contributed by atoms with Crippen LogP contribution in [0.2, 0.25) is 0 Å². The summed E-state index contributed by atoms with van der Waals surface area (Å²) in [5.41, 5.74) is 14.9. The molecule has 2 aromatic heterocycles. The van der Waals surface area contributed by atoms with E-state index >= 15 is 0 Å². The minimum Gasteiger partial charge on any atom is -0.403 e. The number of nitrogens with zero attached hydrogens (tertiary/aromatic N) is 2. The third kappa shape index (κ3) is 3.63. The number of hydrogen-bond acceptors (Lipinski definition) is 5. The molecule has 1 amide bonds. The maximum absolute atomic E-state index is 10.3. The number of hydrogen-bond donors (Lipinski definition) is 4. The number of fused-ring (bicyclic) bond motifs is 1. The van der Waals surface area contributed by atoms with Crippen molar-refractivity contribution in [3.05, 3.63) is 59.6 Å². The van der Waals surface area contributed by atoms with Gasteiger partial charge in [0, 0.05) is 24.7 Å². The monoisotopic (exact) mass is 312 g/mol. The molecule has 1 fully saturated rings. The van der Waals surface area contributed by atoms with E-state index in [0.29, 0.717) is 24.6 Å². The highest BCUT2D eigenvalue weighted by molar-refractivity contribution is 5.50. The Bertz CT molecular complexity index is 772. The number of allylic oxidation sites excluding steroid dienone is 1. The predicted octanol–water partition coefficient (Wildman–Crippen LogP) is 0.647. The van der Waals surface area contributed by atoms with Crippen molar-refractivity contribution in [2.24, 2.45) is 11.5 Å². The zero-order chi connectivity index (χ0) is 16.2. The molecule has 23 heavy (non-hydrogen) atoms. The van der Waals surface area contributed by atoms with Gasteiger partial charge in [-0.1, -0.05) is 6.07 Å². The van der Waals surface area contributed by atoms with E-state index in [-0.39, 0.29) is 5.82 Å². The molecular weight excluding hydrogens is 292 g/mol. The standard InChI is InChI=1S/C16H20N6O/c17-6-13(5-15(18)20-10-23)19-7-14-9-22-8-12(11-1-2-11)3-4-16(22)21-14/h3-6,8-11,19H,1-2,7,17-18H2,(H,20,23)/b13-6+,15-5+. The normalized spacial score (nSPS) is 15.7. The number of rotatable bonds is 7. The molecule has 7 nitrogen and oxygen atoms in total. The predicted molar refractivity (Wildman–Crippen MR) is 87.7 cm³/mol. The third-order valence-electron chi connectivity index (χ3n) is 3.76. The Labute approximate surface area is 134 Å². The van der Waals surface area contributed by atoms with E-state index < -0.39 is 0 Å². The number of nitrogens with two attached hydrogens (primary N) is 2. The van der Waals surface area contributed by atoms with Gasteiger partial charge in [-0.25, -0.2) is 4.98 Å². The number of nitrogens with one attached hydrogen (secondary N) is 2. The molecule has 0 aliphatic heterocycles. The fraction of sp³-hybridized carbons (Fsp3) is 0.250. The third-order valence-corrected chi connectivity index (χ3v) is 3.76. The van der Waals surface area contributed by atoms with Gasteiger partial charge in [-0.05, 0) is 30.4 Å². The number of imidazole rings is 1. The molecule has 0 aromatic carbocycles. The summed E-state index contributed by atoms with van der Waals surface area (Å²) in [6, 6.07) is 4.19. The Kier molecular flexibility index (Phi) is 4.18. The van der Waals surface area contributed by atoms with Crippen LogP contribution in [0.25, 0.3) is 5.65 Å². The van der Waals surface area contributed by atoms with Crippen molar-refractivity contribution in [3.63, 3.8) is 0 Å². The van der Waals surface area contributed by atoms with Crippen LogP contribution < -0.4 is 22.1 Å². The van der Waals surface area contributed by atoms with E-state index in [0.717, 1.165) is 11.3 Å². The van der Waals surface area contributed by atoms with Gasteiger partial charge in [0.05, 0.1) is 17.9 Å². The van der Waals surface area contributed by atoms with Crippen molar-refractivity contribution < 1.29 is 4.79 Å². The van der Waals surface area contributed by atoms with Gasteiger partial charge in [-0.15, -0.1) is 0 Å². The van der Waals surface area contributed by atoms with Crippen LogP contribution in [0, 0.1) is 0 Å². The average Bonchev–Trinajstić information content (AvgIpc) is 3.31. The number of pyridine rings is 1. The van der Waals surface area contributed by atoms with Crippen LogP contribution in [0.4, 0.5) is 0 Å². The van der Waals surface area contributed by atoms with Crippen molar-refractivity contribution in [1.29, 1.82) is 0 Å². The molecule has 2 aromatic rings. The van der Waals surface area contributed by atoms with E-state index in [4.69, 9.17) is 11.5 Å². The molecule has 7 heteroatoms. The number of aromatic nitrogens is 2. The molecule has 0 bridgehead atoms. The maximum atomic E-state index is 10.3. The molecule has 0 spiro atoms. The quantitative estimate of drug-likeness (QED) is 0.443. The van der Waals surface area contributed by atoms with Crippen molar-refractivity contribution in [2.45, 2.75) is 25.3 Å². The first kappa shape index (κ1) is 15.0. The van der Waals surface area contributed by atoms with E-state index in [1.165, 1.54) is 24.6 Å². The highest BCUT2D eigenvalue weighted by Gasteiger charge is 2.23. The van der Waals surface area contributed by atoms with Gasteiger partial charge in [0.2, 0.25) is 6.41 Å². The first-order chi connectivity index (χ1) is 11.2. The van der Waals surface area contributed by atoms with E-state index in [2.05, 4.69) is 32.3 Å². The summed E-state index contributed by atoms with van der Waals surface area (Å²) in [5, 5.41) is 5.49. The minimum absolute atomic E-state index is 0.216. The molecule has 1 aliphatic carbocycles. The largest absolute Gasteiger partial charge is 0.403 e. The van der Waals surface area contributed by atoms with E-state index in [9.17, 15) is 4.79 Å². The lowest BCUT2D eigenvalue weighted by Gasteiger charge is -2.06. The molecule has 1 aliphatic rings. The van der Waals surface area contributed by atoms with Gasteiger partial charge in [-0.2, -0.15) is 0 Å². The minimum atomic E-state index is 0.216. The Hall–Kier alpha value is -2.96. The Balaban J connectivity index is 1.68. The molecule has 0 radical (unpaired) electrons. The van der Waals surface area contributed by atoms with E-state index in [1.807, 2.05) is 12.3 Å². The lowest BCUT2D eigenvalue weighted by molar-refractivity contribution is -0.108. The summed E-state index contributed by atoms with van der Waals surface area (Å²) in [4.78, 5) is 14.9. The Morgan fingerprint density at radius 1 is 1.39 bits per heavy atom. The summed E-state index contributed by atoms with van der Waals surface area (Å²) in [6.07, 6.45) is 10.2. The van der Waals surface area contributed by atoms with Crippen LogP contribution in [-0.2, 0) is 11.3 Å². The average molecular weight is 312 g/mol. The number of carbonyl (C=O) groups is 1. The van der Waals surface area contributed by atoms with Crippen LogP contribution in [-0.4, -0.2) is 15.8 Å². The summed E-state index contributed by atoms with van der Waals surface area (Å²) in [6.45, 7) is 0.508. The summed E-state index contributed by atoms with van der Waals surface area (Å²) >= 11 is 0. The maximum Gasteiger partial charge on any atom is 0.212 e. The lowest BCUT2D eigenvalue weighted by atomic mass is 10.2. The van der Waals surface area contributed by atoms with Gasteiger partial charge in [0.1, 0.15) is 11.5 Å². The number of amides is 1. The van der Waals surface area contributed by atoms with Crippen LogP contribution in [0.15, 0.2) is 48.3 Å². The van der Waals surface area contributed by atoms with Crippen LogP contribution in [0.1, 0.15) is 30.0 Å². The second-order valence-electron chi connectivity index (χ2n) is 5.57. The van der Waals surface area contributed by atoms with Gasteiger partial charge < -0.3 is 26.5 Å². The molecule has 120 valence electrons. The highest BCUT2D eigenvalue weighted by Crippen LogP contribution is 2.39. The first-order valence-electron chi connectivity index (χ1n) is 7.50. The SMILES string of the molecule is N/C=C(\C=C(/N)NC=O)NCc1cn2cc(C3CC3)ccc2n1. The topological polar surface area (TPSA) is 110 Å². The fourth-order valence-electron chi connectivity index (χ4n) is 2.43. The smallest absolute Gasteiger partial charge is 0.212 e. The molecule has 0 unspecified atom stereocenters. The van der Waals surface area contributed by atoms with Crippen molar-refractivity contribution in [2.75, 3.05) is 0 Å². The zero-order valence-electron chi connectivity index (χ0n) is 12.7. The zero-order valence-corrected chi connectivity index (χ0v) is 12.7. The lowest BCUT2D eigenvalue weighted by Crippen LogP contribution is -2.21. The van der Waals surface area contributed by atoms with Crippen LogP contribution in [0.5, 0.6) is 0 Å². The van der Waals surface area contributed by atoms with Crippen molar-refractivity contribution in [1.82, 2.24) is 20.0 Å². The molecule has 3 rings (SSSR count). The van der Waals surface area contributed by atoms with E-state index in [1.54, 1.807) is 6.08 Å². The van der Waals surface area contributed by atoms with Gasteiger partial charge in [0.15, 0.2) is 0 Å². The molecule has 2 heterocycles. The summed E-state index contributed by atoms with van der Waals surface area (Å²) < 4.78 is 2.05. The second kappa shape index (κ2) is 6.43. The molecule has 1 saturated carbocycles. The summed E-state index contributed by atoms with van der Waals surface area (Å²) in [5.74, 6) is 0.932. The van der Waals surface area contributed by atoms with Crippen molar-refractivity contribution in [3.8, 4) is 0 Å². The molecule has 0 atom stereocenters. The van der Waals surface area contributed by atoms with Gasteiger partial charge in [0.25, 0.3) is 0 Å². The van der Waals surface area contributed by atoms with Crippen LogP contribution >= 0.6 is 0 Å². The molecule has 6 N–H and O–H groups in total. The second-order valence-corrected chi connectivity index (χ2v) is 5.57. The van der Waals surface area contributed by atoms with Gasteiger partial charge >= 0.3 is 0 Å². The molecular formula is C16H20N6O. The first-order valence-corrected chi connectivity index (χ1v) is 7.50. The van der Waals surface area contributed by atoms with Gasteiger partial charge in [-0.3, -0.25) is 4.79 Å². The number of carbonyl (C=O) groups excluding carboxylic acids is 1. The summed E-state index contributed by atoms with van der Waals surface area (Å²) in [7, 11) is 0. The Morgan fingerprint density at radius 2 is 2.22 bits per heavy atom. The van der Waals surface area contributed by atoms with Crippen molar-refractivity contribution >= 4 is 12.1 Å².